The number of hydrogen-bond donors (Lipinski definition) is 1. The summed E-state index contributed by atoms with van der Waals surface area (Å²) in [5.41, 5.74) is 7.96. The minimum atomic E-state index is -3.63. The second kappa shape index (κ2) is 4.99. The Hall–Kier alpha value is -1.60. The molecule has 0 fully saturated rings. The van der Waals surface area contributed by atoms with Gasteiger partial charge in [0, 0.05) is 6.04 Å². The lowest BCUT2D eigenvalue weighted by Crippen LogP contribution is -2.41. The zero-order valence-corrected chi connectivity index (χ0v) is 13.5. The van der Waals surface area contributed by atoms with E-state index in [1.807, 2.05) is 31.2 Å². The quantitative estimate of drug-likeness (QED) is 0.921. The highest BCUT2D eigenvalue weighted by molar-refractivity contribution is 7.95. The lowest BCUT2D eigenvalue weighted by Gasteiger charge is -2.35. The van der Waals surface area contributed by atoms with Crippen molar-refractivity contribution in [3.05, 3.63) is 35.5 Å². The zero-order valence-electron chi connectivity index (χ0n) is 11.9. The van der Waals surface area contributed by atoms with E-state index in [-0.39, 0.29) is 15.4 Å². The first-order valence-electron chi connectivity index (χ1n) is 6.76. The van der Waals surface area contributed by atoms with Gasteiger partial charge in [0.15, 0.2) is 9.34 Å². The standard InChI is InChI=1S/C14H17N3O2S2/c1-9-7-8-11-5-3-4-6-12(11)17(9)21(18,19)13-10(2)16-14(15)20-13/h3-6,9H,7-8H2,1-2H3,(H2,15,16). The lowest BCUT2D eigenvalue weighted by atomic mass is 9.99. The molecule has 1 aromatic carbocycles. The molecule has 7 heteroatoms. The van der Waals surface area contributed by atoms with Crippen LogP contribution in [-0.4, -0.2) is 19.4 Å². The number of fused-ring (bicyclic) bond motifs is 1. The Morgan fingerprint density at radius 2 is 2.10 bits per heavy atom. The summed E-state index contributed by atoms with van der Waals surface area (Å²) in [4.78, 5) is 4.04. The van der Waals surface area contributed by atoms with E-state index >= 15 is 0 Å². The molecular weight excluding hydrogens is 306 g/mol. The van der Waals surface area contributed by atoms with E-state index < -0.39 is 10.0 Å². The predicted molar refractivity (Wildman–Crippen MR) is 85.2 cm³/mol. The van der Waals surface area contributed by atoms with Crippen molar-refractivity contribution < 1.29 is 8.42 Å². The number of hydrogen-bond acceptors (Lipinski definition) is 5. The lowest BCUT2D eigenvalue weighted by molar-refractivity contribution is 0.564. The summed E-state index contributed by atoms with van der Waals surface area (Å²) in [7, 11) is -3.63. The number of rotatable bonds is 2. The molecule has 1 aliphatic rings. The topological polar surface area (TPSA) is 76.3 Å². The Morgan fingerprint density at radius 1 is 1.38 bits per heavy atom. The van der Waals surface area contributed by atoms with Crippen LogP contribution in [0.4, 0.5) is 10.8 Å². The minimum absolute atomic E-state index is 0.0763. The Balaban J connectivity index is 2.17. The molecule has 0 spiro atoms. The van der Waals surface area contributed by atoms with Crippen LogP contribution in [0.25, 0.3) is 0 Å². The van der Waals surface area contributed by atoms with E-state index in [0.29, 0.717) is 5.69 Å². The molecule has 3 rings (SSSR count). The van der Waals surface area contributed by atoms with E-state index in [1.54, 1.807) is 6.92 Å². The van der Waals surface area contributed by atoms with Gasteiger partial charge in [-0.15, -0.1) is 0 Å². The third kappa shape index (κ3) is 2.30. The first-order chi connectivity index (χ1) is 9.91. The molecule has 1 aliphatic heterocycles. The van der Waals surface area contributed by atoms with Crippen LogP contribution in [0, 0.1) is 6.92 Å². The number of aromatic nitrogens is 1. The molecule has 0 amide bonds. The molecule has 0 aliphatic carbocycles. The van der Waals surface area contributed by atoms with E-state index in [1.165, 1.54) is 4.31 Å². The molecule has 2 heterocycles. The zero-order chi connectivity index (χ0) is 15.2. The number of aryl methyl sites for hydroxylation is 2. The van der Waals surface area contributed by atoms with E-state index in [4.69, 9.17) is 5.73 Å². The Labute approximate surface area is 128 Å². The minimum Gasteiger partial charge on any atom is -0.375 e. The average Bonchev–Trinajstić information content (AvgIpc) is 2.78. The van der Waals surface area contributed by atoms with Crippen LogP contribution in [0.15, 0.2) is 28.5 Å². The van der Waals surface area contributed by atoms with Crippen LogP contribution < -0.4 is 10.0 Å². The summed E-state index contributed by atoms with van der Waals surface area (Å²) >= 11 is 1.03. The van der Waals surface area contributed by atoms with Gasteiger partial charge in [0.05, 0.1) is 11.4 Å². The van der Waals surface area contributed by atoms with Gasteiger partial charge < -0.3 is 5.73 Å². The SMILES string of the molecule is Cc1nc(N)sc1S(=O)(=O)N1c2ccccc2CCC1C. The van der Waals surface area contributed by atoms with Crippen molar-refractivity contribution in [3.8, 4) is 0 Å². The molecule has 0 bridgehead atoms. The third-order valence-electron chi connectivity index (χ3n) is 3.72. The number of nitrogens with zero attached hydrogens (tertiary/aromatic N) is 2. The van der Waals surface area contributed by atoms with Crippen LogP contribution in [0.3, 0.4) is 0 Å². The summed E-state index contributed by atoms with van der Waals surface area (Å²) in [6, 6.07) is 7.58. The normalized spacial score (nSPS) is 18.6. The van der Waals surface area contributed by atoms with Gasteiger partial charge >= 0.3 is 0 Å². The molecule has 1 atom stereocenters. The molecule has 2 aromatic rings. The van der Waals surface area contributed by atoms with Crippen LogP contribution >= 0.6 is 11.3 Å². The molecule has 1 unspecified atom stereocenters. The summed E-state index contributed by atoms with van der Waals surface area (Å²) in [6.45, 7) is 3.62. The van der Waals surface area contributed by atoms with Gasteiger partial charge in [0.2, 0.25) is 0 Å². The highest BCUT2D eigenvalue weighted by Crippen LogP contribution is 2.37. The highest BCUT2D eigenvalue weighted by atomic mass is 32.2. The number of para-hydroxylation sites is 1. The summed E-state index contributed by atoms with van der Waals surface area (Å²) in [6.07, 6.45) is 1.71. The Kier molecular flexibility index (Phi) is 3.41. The van der Waals surface area contributed by atoms with Crippen molar-refractivity contribution in [2.45, 2.75) is 36.9 Å². The molecule has 0 radical (unpaired) electrons. The second-order valence-corrected chi connectivity index (χ2v) is 8.28. The number of benzene rings is 1. The van der Waals surface area contributed by atoms with Crippen molar-refractivity contribution in [2.24, 2.45) is 0 Å². The maximum atomic E-state index is 13.0. The predicted octanol–water partition coefficient (Wildman–Crippen LogP) is 2.56. The fourth-order valence-corrected chi connectivity index (χ4v) is 5.85. The van der Waals surface area contributed by atoms with Crippen molar-refractivity contribution >= 4 is 32.2 Å². The largest absolute Gasteiger partial charge is 0.375 e. The maximum Gasteiger partial charge on any atom is 0.276 e. The molecule has 21 heavy (non-hydrogen) atoms. The van der Waals surface area contributed by atoms with Crippen molar-refractivity contribution in [2.75, 3.05) is 10.0 Å². The van der Waals surface area contributed by atoms with Crippen molar-refractivity contribution in [1.82, 2.24) is 4.98 Å². The number of nitrogen functional groups attached to an aromatic ring is 1. The molecular formula is C14H17N3O2S2. The van der Waals surface area contributed by atoms with E-state index in [2.05, 4.69) is 4.98 Å². The number of sulfonamides is 1. The van der Waals surface area contributed by atoms with Crippen LogP contribution in [-0.2, 0) is 16.4 Å². The molecule has 0 saturated carbocycles. The molecule has 1 aromatic heterocycles. The summed E-state index contributed by atoms with van der Waals surface area (Å²) in [5.74, 6) is 0. The fourth-order valence-electron chi connectivity index (χ4n) is 2.75. The van der Waals surface area contributed by atoms with Crippen LogP contribution in [0.5, 0.6) is 0 Å². The van der Waals surface area contributed by atoms with E-state index in [0.717, 1.165) is 35.4 Å². The molecule has 2 N–H and O–H groups in total. The van der Waals surface area contributed by atoms with E-state index in [9.17, 15) is 8.42 Å². The number of thiazole rings is 1. The van der Waals surface area contributed by atoms with Crippen LogP contribution in [0.1, 0.15) is 24.6 Å². The molecule has 0 saturated heterocycles. The molecule has 112 valence electrons. The highest BCUT2D eigenvalue weighted by Gasteiger charge is 2.36. The maximum absolute atomic E-state index is 13.0. The van der Waals surface area contributed by atoms with Gasteiger partial charge in [0.1, 0.15) is 0 Å². The average molecular weight is 323 g/mol. The summed E-state index contributed by atoms with van der Waals surface area (Å²) < 4.78 is 27.8. The summed E-state index contributed by atoms with van der Waals surface area (Å²) in [5, 5.41) is 0.282. The van der Waals surface area contributed by atoms with Gasteiger partial charge in [-0.05, 0) is 38.3 Å². The number of nitrogens with two attached hydrogens (primary N) is 1. The number of anilines is 2. The van der Waals surface area contributed by atoms with Gasteiger partial charge in [0.25, 0.3) is 10.0 Å². The fraction of sp³-hybridized carbons (Fsp3) is 0.357. The smallest absolute Gasteiger partial charge is 0.276 e. The molecule has 5 nitrogen and oxygen atoms in total. The van der Waals surface area contributed by atoms with Gasteiger partial charge in [-0.3, -0.25) is 4.31 Å². The van der Waals surface area contributed by atoms with Gasteiger partial charge in [-0.25, -0.2) is 13.4 Å². The second-order valence-electron chi connectivity index (χ2n) is 5.24. The van der Waals surface area contributed by atoms with Gasteiger partial charge in [-0.1, -0.05) is 29.5 Å². The van der Waals surface area contributed by atoms with Crippen LogP contribution in [0.2, 0.25) is 0 Å². The van der Waals surface area contributed by atoms with Gasteiger partial charge in [-0.2, -0.15) is 0 Å². The van der Waals surface area contributed by atoms with Crippen molar-refractivity contribution in [3.63, 3.8) is 0 Å². The van der Waals surface area contributed by atoms with Crippen molar-refractivity contribution in [1.29, 1.82) is 0 Å². The first kappa shape index (κ1) is 14.3. The Morgan fingerprint density at radius 3 is 2.76 bits per heavy atom. The Bertz CT molecular complexity index is 783. The first-order valence-corrected chi connectivity index (χ1v) is 9.02. The monoisotopic (exact) mass is 323 g/mol. The third-order valence-corrected chi connectivity index (χ3v) is 7.23.